The van der Waals surface area contributed by atoms with Crippen molar-refractivity contribution in [3.05, 3.63) is 48.0 Å². The van der Waals surface area contributed by atoms with Crippen molar-refractivity contribution in [1.29, 1.82) is 0 Å². The van der Waals surface area contributed by atoms with E-state index in [9.17, 15) is 13.2 Å². The van der Waals surface area contributed by atoms with Gasteiger partial charge in [0.05, 0.1) is 33.6 Å². The zero-order chi connectivity index (χ0) is 21.9. The number of sulfonamides is 1. The number of likely N-dealkylation sites (N-methyl/N-ethyl adjacent to an activating group) is 1. The number of thiazole rings is 1. The molecule has 2 aromatic carbocycles. The molecule has 0 aliphatic heterocycles. The van der Waals surface area contributed by atoms with Gasteiger partial charge in [-0.05, 0) is 17.7 Å². The molecule has 0 atom stereocenters. The molecule has 1 aromatic heterocycles. The van der Waals surface area contributed by atoms with Gasteiger partial charge < -0.3 is 9.47 Å². The zero-order valence-electron chi connectivity index (χ0n) is 17.2. The monoisotopic (exact) mass is 449 g/mol. The molecule has 160 valence electrons. The number of carbonyl (C=O) groups excluding carboxylic acids is 1. The molecule has 0 radical (unpaired) electrons. The first-order chi connectivity index (χ1) is 14.2. The summed E-state index contributed by atoms with van der Waals surface area (Å²) in [4.78, 5) is 19.2. The van der Waals surface area contributed by atoms with Gasteiger partial charge in [-0.2, -0.15) is 4.31 Å². The molecule has 0 aliphatic carbocycles. The van der Waals surface area contributed by atoms with Crippen molar-refractivity contribution < 1.29 is 22.7 Å². The van der Waals surface area contributed by atoms with E-state index in [2.05, 4.69) is 4.98 Å². The largest absolute Gasteiger partial charge is 0.495 e. The third-order valence-corrected chi connectivity index (χ3v) is 6.89. The molecule has 0 N–H and O–H groups in total. The minimum absolute atomic E-state index is 0.252. The van der Waals surface area contributed by atoms with Crippen LogP contribution in [0.4, 0.5) is 5.13 Å². The molecular weight excluding hydrogens is 426 g/mol. The average molecular weight is 450 g/mol. The van der Waals surface area contributed by atoms with Crippen LogP contribution >= 0.6 is 11.3 Å². The number of fused-ring (bicyclic) bond motifs is 1. The Morgan fingerprint density at radius 1 is 1.07 bits per heavy atom. The van der Waals surface area contributed by atoms with E-state index in [0.717, 1.165) is 20.8 Å². The van der Waals surface area contributed by atoms with Crippen LogP contribution in [0.1, 0.15) is 5.56 Å². The van der Waals surface area contributed by atoms with Crippen molar-refractivity contribution in [2.75, 3.05) is 39.0 Å². The normalized spacial score (nSPS) is 11.6. The number of methoxy groups -OCH3 is 2. The van der Waals surface area contributed by atoms with Crippen LogP contribution in [-0.4, -0.2) is 57.7 Å². The molecule has 0 saturated heterocycles. The Morgan fingerprint density at radius 2 is 1.70 bits per heavy atom. The van der Waals surface area contributed by atoms with E-state index in [1.807, 2.05) is 30.3 Å². The highest BCUT2D eigenvalue weighted by Gasteiger charge is 2.25. The molecule has 1 heterocycles. The second-order valence-electron chi connectivity index (χ2n) is 6.63. The van der Waals surface area contributed by atoms with E-state index < -0.39 is 10.0 Å². The summed E-state index contributed by atoms with van der Waals surface area (Å²) in [6.07, 6.45) is 1.06. The zero-order valence-corrected chi connectivity index (χ0v) is 18.8. The fraction of sp³-hybridized carbons (Fsp3) is 0.300. The lowest BCUT2D eigenvalue weighted by molar-refractivity contribution is -0.118. The highest BCUT2D eigenvalue weighted by molar-refractivity contribution is 7.88. The first-order valence-electron chi connectivity index (χ1n) is 9.01. The van der Waals surface area contributed by atoms with Gasteiger partial charge in [-0.15, -0.1) is 0 Å². The molecule has 8 nitrogen and oxygen atoms in total. The summed E-state index contributed by atoms with van der Waals surface area (Å²) in [7, 11) is 0.984. The molecule has 0 fully saturated rings. The topological polar surface area (TPSA) is 89.0 Å². The van der Waals surface area contributed by atoms with Crippen LogP contribution in [0.25, 0.3) is 10.2 Å². The van der Waals surface area contributed by atoms with Crippen LogP contribution < -0.4 is 14.4 Å². The predicted molar refractivity (Wildman–Crippen MR) is 118 cm³/mol. The van der Waals surface area contributed by atoms with Crippen LogP contribution in [0, 0.1) is 0 Å². The Kier molecular flexibility index (Phi) is 6.59. The SMILES string of the molecule is COc1ccc(OC)c2sc(N(Cc3ccccc3)C(=O)CN(C)S(C)(=O)=O)nc12. The lowest BCUT2D eigenvalue weighted by atomic mass is 10.2. The fourth-order valence-electron chi connectivity index (χ4n) is 2.81. The predicted octanol–water partition coefficient (Wildman–Crippen LogP) is 2.74. The first-order valence-corrected chi connectivity index (χ1v) is 11.7. The smallest absolute Gasteiger partial charge is 0.244 e. The number of hydrogen-bond donors (Lipinski definition) is 0. The van der Waals surface area contributed by atoms with Crippen molar-refractivity contribution in [2.24, 2.45) is 0 Å². The minimum atomic E-state index is -3.50. The Balaban J connectivity index is 2.06. The third-order valence-electron chi connectivity index (χ3n) is 4.54. The lowest BCUT2D eigenvalue weighted by Crippen LogP contribution is -2.40. The van der Waals surface area contributed by atoms with E-state index >= 15 is 0 Å². The molecule has 1 amide bonds. The summed E-state index contributed by atoms with van der Waals surface area (Å²) in [5, 5.41) is 0.434. The second-order valence-corrected chi connectivity index (χ2v) is 9.70. The van der Waals surface area contributed by atoms with Crippen LogP contribution in [0.2, 0.25) is 0 Å². The summed E-state index contributed by atoms with van der Waals surface area (Å²) >= 11 is 1.29. The van der Waals surface area contributed by atoms with Gasteiger partial charge in [-0.3, -0.25) is 9.69 Å². The van der Waals surface area contributed by atoms with E-state index in [4.69, 9.17) is 9.47 Å². The lowest BCUT2D eigenvalue weighted by Gasteiger charge is -2.22. The quantitative estimate of drug-likeness (QED) is 0.525. The Morgan fingerprint density at radius 3 is 2.30 bits per heavy atom. The maximum absolute atomic E-state index is 13.1. The van der Waals surface area contributed by atoms with Gasteiger partial charge in [-0.25, -0.2) is 13.4 Å². The number of anilines is 1. The summed E-state index contributed by atoms with van der Waals surface area (Å²) < 4.78 is 36.2. The van der Waals surface area contributed by atoms with Gasteiger partial charge >= 0.3 is 0 Å². The molecular formula is C20H23N3O5S2. The molecule has 0 bridgehead atoms. The van der Waals surface area contributed by atoms with Crippen LogP contribution in [-0.2, 0) is 21.4 Å². The highest BCUT2D eigenvalue weighted by Crippen LogP contribution is 2.40. The van der Waals surface area contributed by atoms with Crippen molar-refractivity contribution in [2.45, 2.75) is 6.54 Å². The molecule has 0 spiro atoms. The number of carbonyl (C=O) groups is 1. The molecule has 10 heteroatoms. The Hall–Kier alpha value is -2.69. The van der Waals surface area contributed by atoms with E-state index in [1.165, 1.54) is 23.3 Å². The van der Waals surface area contributed by atoms with Gasteiger partial charge in [0, 0.05) is 7.05 Å². The molecule has 0 saturated carbocycles. The third kappa shape index (κ3) is 4.72. The fourth-order valence-corrected chi connectivity index (χ4v) is 4.25. The maximum Gasteiger partial charge on any atom is 0.244 e. The Labute approximate surface area is 179 Å². The maximum atomic E-state index is 13.1. The van der Waals surface area contributed by atoms with Gasteiger partial charge in [0.1, 0.15) is 21.7 Å². The number of aromatic nitrogens is 1. The highest BCUT2D eigenvalue weighted by atomic mass is 32.2. The van der Waals surface area contributed by atoms with Gasteiger partial charge in [0.15, 0.2) is 5.13 Å². The summed E-state index contributed by atoms with van der Waals surface area (Å²) in [6, 6.07) is 13.0. The average Bonchev–Trinajstić information content (AvgIpc) is 3.16. The van der Waals surface area contributed by atoms with Gasteiger partial charge in [0.2, 0.25) is 15.9 Å². The van der Waals surface area contributed by atoms with E-state index in [1.54, 1.807) is 26.4 Å². The summed E-state index contributed by atoms with van der Waals surface area (Å²) in [6.45, 7) is -0.0441. The number of ether oxygens (including phenoxy) is 2. The molecule has 30 heavy (non-hydrogen) atoms. The number of amides is 1. The molecule has 0 unspecified atom stereocenters. The summed E-state index contributed by atoms with van der Waals surface area (Å²) in [5.41, 5.74) is 1.48. The van der Waals surface area contributed by atoms with Crippen molar-refractivity contribution in [1.82, 2.24) is 9.29 Å². The van der Waals surface area contributed by atoms with Gasteiger partial charge in [-0.1, -0.05) is 41.7 Å². The number of benzene rings is 2. The van der Waals surface area contributed by atoms with Crippen molar-refractivity contribution in [3.8, 4) is 11.5 Å². The molecule has 3 rings (SSSR count). The van der Waals surface area contributed by atoms with Crippen molar-refractivity contribution >= 4 is 42.6 Å². The second kappa shape index (κ2) is 8.99. The number of hydrogen-bond acceptors (Lipinski definition) is 7. The van der Waals surface area contributed by atoms with Gasteiger partial charge in [0.25, 0.3) is 0 Å². The number of rotatable bonds is 8. The van der Waals surface area contributed by atoms with E-state index in [0.29, 0.717) is 22.1 Å². The van der Waals surface area contributed by atoms with Crippen LogP contribution in [0.5, 0.6) is 11.5 Å². The first kappa shape index (κ1) is 22.0. The molecule has 3 aromatic rings. The van der Waals surface area contributed by atoms with Crippen molar-refractivity contribution in [3.63, 3.8) is 0 Å². The Bertz CT molecular complexity index is 1100. The van der Waals surface area contributed by atoms with E-state index in [-0.39, 0.29) is 19.0 Å². The molecule has 0 aliphatic rings. The van der Waals surface area contributed by atoms with Crippen LogP contribution in [0.3, 0.4) is 0 Å². The summed E-state index contributed by atoms with van der Waals surface area (Å²) in [5.74, 6) is 0.798. The number of nitrogens with zero attached hydrogens (tertiary/aromatic N) is 3. The van der Waals surface area contributed by atoms with Crippen LogP contribution in [0.15, 0.2) is 42.5 Å². The standard InChI is InChI=1S/C20H23N3O5S2/c1-22(30(4,25)26)13-17(24)23(12-14-8-6-5-7-9-14)20-21-18-15(27-2)10-11-16(28-3)19(18)29-20/h5-11H,12-13H2,1-4H3. The minimum Gasteiger partial charge on any atom is -0.495 e.